The predicted octanol–water partition coefficient (Wildman–Crippen LogP) is 2.72. The SMILES string of the molecule is CCC(OC)c1noc(C2CNc3ccccc32)n1. The van der Waals surface area contributed by atoms with Crippen molar-refractivity contribution in [3.05, 3.63) is 41.5 Å². The summed E-state index contributed by atoms with van der Waals surface area (Å²) in [5.41, 5.74) is 2.36. The highest BCUT2D eigenvalue weighted by molar-refractivity contribution is 5.59. The third-order valence-corrected chi connectivity index (χ3v) is 3.53. The molecule has 3 rings (SSSR count). The van der Waals surface area contributed by atoms with Gasteiger partial charge in [0.1, 0.15) is 6.10 Å². The van der Waals surface area contributed by atoms with E-state index in [9.17, 15) is 0 Å². The van der Waals surface area contributed by atoms with Crippen molar-refractivity contribution in [2.45, 2.75) is 25.4 Å². The van der Waals surface area contributed by atoms with Crippen LogP contribution in [0.1, 0.15) is 42.6 Å². The number of benzene rings is 1. The number of rotatable bonds is 4. The molecule has 5 nitrogen and oxygen atoms in total. The second-order valence-electron chi connectivity index (χ2n) is 4.64. The van der Waals surface area contributed by atoms with Gasteiger partial charge >= 0.3 is 0 Å². The maximum atomic E-state index is 5.41. The second kappa shape index (κ2) is 5.01. The molecular formula is C14H17N3O2. The van der Waals surface area contributed by atoms with Crippen molar-refractivity contribution < 1.29 is 9.26 Å². The number of fused-ring (bicyclic) bond motifs is 1. The Labute approximate surface area is 112 Å². The van der Waals surface area contributed by atoms with Crippen molar-refractivity contribution in [3.8, 4) is 0 Å². The first-order chi connectivity index (χ1) is 9.33. The summed E-state index contributed by atoms with van der Waals surface area (Å²) in [6.45, 7) is 2.83. The molecule has 1 aromatic heterocycles. The van der Waals surface area contributed by atoms with Crippen molar-refractivity contribution in [1.82, 2.24) is 10.1 Å². The smallest absolute Gasteiger partial charge is 0.236 e. The summed E-state index contributed by atoms with van der Waals surface area (Å²) in [6, 6.07) is 8.21. The molecule has 2 aromatic rings. The molecule has 2 heterocycles. The van der Waals surface area contributed by atoms with Crippen LogP contribution in [0.5, 0.6) is 0 Å². The van der Waals surface area contributed by atoms with Crippen LogP contribution in [0.4, 0.5) is 5.69 Å². The number of hydrogen-bond acceptors (Lipinski definition) is 5. The van der Waals surface area contributed by atoms with Crippen molar-refractivity contribution in [2.75, 3.05) is 19.0 Å². The Kier molecular flexibility index (Phi) is 3.21. The van der Waals surface area contributed by atoms with Crippen LogP contribution in [0.2, 0.25) is 0 Å². The summed E-state index contributed by atoms with van der Waals surface area (Å²) in [4.78, 5) is 4.49. The molecule has 100 valence electrons. The number of nitrogens with zero attached hydrogens (tertiary/aromatic N) is 2. The molecule has 0 radical (unpaired) electrons. The van der Waals surface area contributed by atoms with E-state index in [2.05, 4.69) is 27.6 Å². The van der Waals surface area contributed by atoms with Crippen LogP contribution in [0.3, 0.4) is 0 Å². The summed E-state index contributed by atoms with van der Waals surface area (Å²) in [5, 5.41) is 7.39. The quantitative estimate of drug-likeness (QED) is 0.914. The zero-order chi connectivity index (χ0) is 13.2. The number of aromatic nitrogens is 2. The van der Waals surface area contributed by atoms with Gasteiger partial charge in [0.25, 0.3) is 0 Å². The van der Waals surface area contributed by atoms with Gasteiger partial charge in [-0.3, -0.25) is 0 Å². The van der Waals surface area contributed by atoms with Crippen LogP contribution in [-0.2, 0) is 4.74 Å². The van der Waals surface area contributed by atoms with Gasteiger partial charge in [0.15, 0.2) is 0 Å². The highest BCUT2D eigenvalue weighted by atomic mass is 16.5. The van der Waals surface area contributed by atoms with Crippen LogP contribution in [-0.4, -0.2) is 23.8 Å². The van der Waals surface area contributed by atoms with Crippen molar-refractivity contribution in [1.29, 1.82) is 0 Å². The molecule has 0 fully saturated rings. The average Bonchev–Trinajstić information content (AvgIpc) is 3.06. The monoisotopic (exact) mass is 259 g/mol. The maximum Gasteiger partial charge on any atom is 0.236 e. The topological polar surface area (TPSA) is 60.2 Å². The fourth-order valence-electron chi connectivity index (χ4n) is 2.48. The Hall–Kier alpha value is -1.88. The number of ether oxygens (including phenoxy) is 1. The number of hydrogen-bond donors (Lipinski definition) is 1. The first kappa shape index (κ1) is 12.2. The molecule has 1 aliphatic rings. The number of methoxy groups -OCH3 is 1. The minimum Gasteiger partial charge on any atom is -0.384 e. The molecule has 5 heteroatoms. The molecular weight excluding hydrogens is 242 g/mol. The molecule has 0 amide bonds. The van der Waals surface area contributed by atoms with E-state index >= 15 is 0 Å². The highest BCUT2D eigenvalue weighted by Gasteiger charge is 2.29. The predicted molar refractivity (Wildman–Crippen MR) is 71.1 cm³/mol. The van der Waals surface area contributed by atoms with Gasteiger partial charge in [-0.05, 0) is 18.1 Å². The van der Waals surface area contributed by atoms with Gasteiger partial charge in [-0.15, -0.1) is 0 Å². The van der Waals surface area contributed by atoms with Crippen LogP contribution in [0, 0.1) is 0 Å². The Morgan fingerprint density at radius 1 is 1.47 bits per heavy atom. The van der Waals surface area contributed by atoms with E-state index in [0.717, 1.165) is 18.7 Å². The fraction of sp³-hybridized carbons (Fsp3) is 0.429. The third kappa shape index (κ3) is 2.10. The normalized spacial score (nSPS) is 18.9. The molecule has 0 saturated carbocycles. The molecule has 1 aliphatic heterocycles. The third-order valence-electron chi connectivity index (χ3n) is 3.53. The zero-order valence-corrected chi connectivity index (χ0v) is 11.1. The Bertz CT molecular complexity index is 563. The minimum atomic E-state index is -0.0953. The van der Waals surface area contributed by atoms with E-state index in [1.54, 1.807) is 7.11 Å². The summed E-state index contributed by atoms with van der Waals surface area (Å²) in [6.07, 6.45) is 0.733. The standard InChI is InChI=1S/C14H17N3O2/c1-3-12(18-2)13-16-14(19-17-13)10-8-15-11-7-5-4-6-9(10)11/h4-7,10,12,15H,3,8H2,1-2H3. The first-order valence-electron chi connectivity index (χ1n) is 6.52. The van der Waals surface area contributed by atoms with Crippen LogP contribution < -0.4 is 5.32 Å². The number of nitrogens with one attached hydrogen (secondary N) is 1. The molecule has 1 aromatic carbocycles. The van der Waals surface area contributed by atoms with Crippen LogP contribution in [0.25, 0.3) is 0 Å². The largest absolute Gasteiger partial charge is 0.384 e. The fourth-order valence-corrected chi connectivity index (χ4v) is 2.48. The van der Waals surface area contributed by atoms with E-state index in [1.807, 2.05) is 19.1 Å². The lowest BCUT2D eigenvalue weighted by molar-refractivity contribution is 0.0903. The van der Waals surface area contributed by atoms with E-state index < -0.39 is 0 Å². The van der Waals surface area contributed by atoms with Gasteiger partial charge in [0.05, 0.1) is 5.92 Å². The molecule has 19 heavy (non-hydrogen) atoms. The molecule has 0 aliphatic carbocycles. The van der Waals surface area contributed by atoms with Crippen LogP contribution in [0.15, 0.2) is 28.8 Å². The van der Waals surface area contributed by atoms with Gasteiger partial charge in [0, 0.05) is 19.3 Å². The Morgan fingerprint density at radius 2 is 2.32 bits per heavy atom. The Balaban J connectivity index is 1.88. The highest BCUT2D eigenvalue weighted by Crippen LogP contribution is 2.35. The van der Waals surface area contributed by atoms with Gasteiger partial charge in [-0.1, -0.05) is 30.3 Å². The van der Waals surface area contributed by atoms with E-state index in [0.29, 0.717) is 11.7 Å². The van der Waals surface area contributed by atoms with Crippen LogP contribution >= 0.6 is 0 Å². The van der Waals surface area contributed by atoms with E-state index in [-0.39, 0.29) is 12.0 Å². The lowest BCUT2D eigenvalue weighted by Crippen LogP contribution is -2.06. The number of anilines is 1. The van der Waals surface area contributed by atoms with Gasteiger partial charge in [0.2, 0.25) is 11.7 Å². The molecule has 0 bridgehead atoms. The minimum absolute atomic E-state index is 0.0953. The molecule has 2 atom stereocenters. The van der Waals surface area contributed by atoms with Gasteiger partial charge < -0.3 is 14.6 Å². The summed E-state index contributed by atoms with van der Waals surface area (Å²) >= 11 is 0. The zero-order valence-electron chi connectivity index (χ0n) is 11.1. The number of para-hydroxylation sites is 1. The lowest BCUT2D eigenvalue weighted by atomic mass is 10.0. The summed E-state index contributed by atoms with van der Waals surface area (Å²) in [5.74, 6) is 1.42. The Morgan fingerprint density at radius 3 is 3.11 bits per heavy atom. The van der Waals surface area contributed by atoms with Crippen molar-refractivity contribution in [2.24, 2.45) is 0 Å². The van der Waals surface area contributed by atoms with Gasteiger partial charge in [-0.25, -0.2) is 0 Å². The van der Waals surface area contributed by atoms with Crippen molar-refractivity contribution >= 4 is 5.69 Å². The summed E-state index contributed by atoms with van der Waals surface area (Å²) < 4.78 is 10.7. The molecule has 0 spiro atoms. The molecule has 0 saturated heterocycles. The van der Waals surface area contributed by atoms with Gasteiger partial charge in [-0.2, -0.15) is 4.98 Å². The maximum absolute atomic E-state index is 5.41. The lowest BCUT2D eigenvalue weighted by Gasteiger charge is -2.06. The molecule has 1 N–H and O–H groups in total. The van der Waals surface area contributed by atoms with Crippen molar-refractivity contribution in [3.63, 3.8) is 0 Å². The van der Waals surface area contributed by atoms with E-state index in [1.165, 1.54) is 5.56 Å². The second-order valence-corrected chi connectivity index (χ2v) is 4.64. The summed E-state index contributed by atoms with van der Waals surface area (Å²) in [7, 11) is 1.66. The average molecular weight is 259 g/mol. The molecule has 2 unspecified atom stereocenters. The first-order valence-corrected chi connectivity index (χ1v) is 6.52. The van der Waals surface area contributed by atoms with E-state index in [4.69, 9.17) is 9.26 Å².